The minimum Gasteiger partial charge on any atom is -0.486 e. The Morgan fingerprint density at radius 1 is 1.18 bits per heavy atom. The van der Waals surface area contributed by atoms with E-state index in [-0.39, 0.29) is 5.17 Å². The predicted octanol–water partition coefficient (Wildman–Crippen LogP) is 4.32. The van der Waals surface area contributed by atoms with Gasteiger partial charge in [0, 0.05) is 5.25 Å². The molecular weight excluding hydrogens is 250 g/mol. The number of hydrogen-bond acceptors (Lipinski definition) is 2. The summed E-state index contributed by atoms with van der Waals surface area (Å²) in [5.41, 5.74) is 0.954. The molecule has 17 heavy (non-hydrogen) atoms. The number of thiocarbonyl (C=S) groups is 1. The summed E-state index contributed by atoms with van der Waals surface area (Å²) >= 11 is 6.60. The van der Waals surface area contributed by atoms with Crippen LogP contribution in [0.25, 0.3) is 0 Å². The molecule has 0 unspecified atom stereocenters. The van der Waals surface area contributed by atoms with Gasteiger partial charge < -0.3 is 5.11 Å². The summed E-state index contributed by atoms with van der Waals surface area (Å²) in [6, 6.07) is 9.83. The van der Waals surface area contributed by atoms with Crippen molar-refractivity contribution >= 4 is 35.0 Å². The van der Waals surface area contributed by atoms with E-state index in [1.807, 2.05) is 30.3 Å². The van der Waals surface area contributed by atoms with E-state index in [9.17, 15) is 5.11 Å². The number of hydrogen-bond donors (Lipinski definition) is 1. The van der Waals surface area contributed by atoms with Gasteiger partial charge >= 0.3 is 0 Å². The van der Waals surface area contributed by atoms with Crippen LogP contribution < -0.4 is 4.31 Å². The van der Waals surface area contributed by atoms with Gasteiger partial charge in [-0.05, 0) is 49.1 Å². The zero-order chi connectivity index (χ0) is 12.1. The maximum Gasteiger partial charge on any atom is 0.271 e. The third kappa shape index (κ3) is 3.61. The van der Waals surface area contributed by atoms with Gasteiger partial charge in [-0.1, -0.05) is 37.5 Å². The van der Waals surface area contributed by atoms with Crippen molar-refractivity contribution in [1.29, 1.82) is 0 Å². The molecule has 1 aliphatic rings. The molecule has 2 nitrogen and oxygen atoms in total. The molecule has 0 aromatic heterocycles. The second-order valence-corrected chi connectivity index (χ2v) is 5.89. The van der Waals surface area contributed by atoms with Crippen molar-refractivity contribution in [2.24, 2.45) is 0 Å². The molecule has 1 aromatic rings. The molecule has 1 fully saturated rings. The summed E-state index contributed by atoms with van der Waals surface area (Å²) in [4.78, 5) is 0. The number of aliphatic hydroxyl groups excluding tert-OH is 1. The number of benzene rings is 1. The summed E-state index contributed by atoms with van der Waals surface area (Å²) in [7, 11) is 0. The largest absolute Gasteiger partial charge is 0.486 e. The molecule has 0 heterocycles. The monoisotopic (exact) mass is 267 g/mol. The lowest BCUT2D eigenvalue weighted by molar-refractivity contribution is 0.515. The third-order valence-corrected chi connectivity index (χ3v) is 4.63. The minimum atomic E-state index is -0.0493. The first-order valence-corrected chi connectivity index (χ1v) is 7.27. The first-order valence-electron chi connectivity index (χ1n) is 6.02. The molecule has 2 rings (SSSR count). The van der Waals surface area contributed by atoms with Gasteiger partial charge in [-0.15, -0.1) is 0 Å². The van der Waals surface area contributed by atoms with E-state index in [0.29, 0.717) is 5.25 Å². The van der Waals surface area contributed by atoms with Gasteiger partial charge in [-0.25, -0.2) is 4.31 Å². The van der Waals surface area contributed by atoms with Crippen LogP contribution in [-0.2, 0) is 0 Å². The molecule has 1 saturated carbocycles. The van der Waals surface area contributed by atoms with Crippen LogP contribution in [-0.4, -0.2) is 15.5 Å². The molecule has 0 amide bonds. The molecule has 0 atom stereocenters. The number of rotatable bonds is 3. The zero-order valence-corrected chi connectivity index (χ0v) is 11.3. The number of anilines is 1. The lowest BCUT2D eigenvalue weighted by atomic mass is 10.0. The smallest absolute Gasteiger partial charge is 0.271 e. The standard InChI is InChI=1S/C13H17NOS2/c15-13(16)14(11-7-3-1-4-8-11)17-12-9-5-2-6-10-12/h1,3-4,7-8,12H,2,5-6,9-10H2,(H,15,16). The molecule has 1 N–H and O–H groups in total. The van der Waals surface area contributed by atoms with Crippen molar-refractivity contribution in [3.8, 4) is 0 Å². The fraction of sp³-hybridized carbons (Fsp3) is 0.462. The Morgan fingerprint density at radius 3 is 2.41 bits per heavy atom. The molecule has 0 aliphatic heterocycles. The van der Waals surface area contributed by atoms with E-state index in [0.717, 1.165) is 5.69 Å². The van der Waals surface area contributed by atoms with Gasteiger partial charge in [0.25, 0.3) is 5.17 Å². The average molecular weight is 267 g/mol. The lowest BCUT2D eigenvalue weighted by Crippen LogP contribution is -2.25. The summed E-state index contributed by atoms with van der Waals surface area (Å²) in [6.45, 7) is 0. The van der Waals surface area contributed by atoms with E-state index in [4.69, 9.17) is 12.2 Å². The predicted molar refractivity (Wildman–Crippen MR) is 78.6 cm³/mol. The average Bonchev–Trinajstić information content (AvgIpc) is 2.38. The zero-order valence-electron chi connectivity index (χ0n) is 9.71. The summed E-state index contributed by atoms with van der Waals surface area (Å²) in [5.74, 6) is 0. The Morgan fingerprint density at radius 2 is 1.82 bits per heavy atom. The maximum atomic E-state index is 9.63. The molecule has 0 saturated heterocycles. The van der Waals surface area contributed by atoms with Gasteiger partial charge in [0.15, 0.2) is 0 Å². The van der Waals surface area contributed by atoms with Crippen molar-refractivity contribution < 1.29 is 5.11 Å². The second kappa shape index (κ2) is 6.26. The van der Waals surface area contributed by atoms with Crippen molar-refractivity contribution in [3.63, 3.8) is 0 Å². The normalized spacial score (nSPS) is 16.7. The number of nitrogens with zero attached hydrogens (tertiary/aromatic N) is 1. The summed E-state index contributed by atoms with van der Waals surface area (Å²) in [5, 5.41) is 10.2. The Hall–Kier alpha value is -0.740. The van der Waals surface area contributed by atoms with E-state index in [2.05, 4.69) is 0 Å². The molecule has 92 valence electrons. The Labute approximate surface area is 112 Å². The second-order valence-electron chi connectivity index (χ2n) is 4.28. The van der Waals surface area contributed by atoms with Gasteiger partial charge in [-0.2, -0.15) is 0 Å². The third-order valence-electron chi connectivity index (χ3n) is 2.97. The Bertz CT molecular complexity index is 363. The van der Waals surface area contributed by atoms with Gasteiger partial charge in [0.1, 0.15) is 0 Å². The summed E-state index contributed by atoms with van der Waals surface area (Å²) < 4.78 is 1.77. The highest BCUT2D eigenvalue weighted by atomic mass is 32.2. The Balaban J connectivity index is 2.05. The van der Waals surface area contributed by atoms with Crippen molar-refractivity contribution in [1.82, 2.24) is 0 Å². The van der Waals surface area contributed by atoms with Crippen LogP contribution in [0.2, 0.25) is 0 Å². The van der Waals surface area contributed by atoms with Crippen LogP contribution in [0.1, 0.15) is 32.1 Å². The number of aliphatic hydroxyl groups is 1. The fourth-order valence-electron chi connectivity index (χ4n) is 2.10. The van der Waals surface area contributed by atoms with Crippen LogP contribution in [0.5, 0.6) is 0 Å². The van der Waals surface area contributed by atoms with E-state index in [1.54, 1.807) is 16.3 Å². The van der Waals surface area contributed by atoms with E-state index in [1.165, 1.54) is 32.1 Å². The molecule has 0 radical (unpaired) electrons. The molecule has 1 aromatic carbocycles. The van der Waals surface area contributed by atoms with Crippen LogP contribution >= 0.6 is 24.2 Å². The quantitative estimate of drug-likeness (QED) is 0.651. The maximum absolute atomic E-state index is 9.63. The van der Waals surface area contributed by atoms with Crippen LogP contribution in [0.15, 0.2) is 30.3 Å². The van der Waals surface area contributed by atoms with Crippen LogP contribution in [0.3, 0.4) is 0 Å². The topological polar surface area (TPSA) is 23.5 Å². The minimum absolute atomic E-state index is 0.0493. The first-order chi connectivity index (χ1) is 8.27. The first kappa shape index (κ1) is 12.7. The fourth-order valence-corrected chi connectivity index (χ4v) is 3.51. The lowest BCUT2D eigenvalue weighted by Gasteiger charge is -2.28. The SMILES string of the molecule is OC(=S)N(SC1CCCCC1)c1ccccc1. The van der Waals surface area contributed by atoms with Crippen LogP contribution in [0.4, 0.5) is 5.69 Å². The molecule has 0 bridgehead atoms. The van der Waals surface area contributed by atoms with Gasteiger partial charge in [0.2, 0.25) is 0 Å². The summed E-state index contributed by atoms with van der Waals surface area (Å²) in [6.07, 6.45) is 6.36. The van der Waals surface area contributed by atoms with Gasteiger partial charge in [-0.3, -0.25) is 0 Å². The highest BCUT2D eigenvalue weighted by Crippen LogP contribution is 2.33. The van der Waals surface area contributed by atoms with E-state index >= 15 is 0 Å². The molecular formula is C13H17NOS2. The van der Waals surface area contributed by atoms with Crippen LogP contribution in [0, 0.1) is 0 Å². The highest BCUT2D eigenvalue weighted by molar-refractivity contribution is 8.03. The van der Waals surface area contributed by atoms with E-state index < -0.39 is 0 Å². The highest BCUT2D eigenvalue weighted by Gasteiger charge is 2.20. The van der Waals surface area contributed by atoms with Crippen molar-refractivity contribution in [3.05, 3.63) is 30.3 Å². The van der Waals surface area contributed by atoms with Gasteiger partial charge in [0.05, 0.1) is 5.69 Å². The molecule has 4 heteroatoms. The van der Waals surface area contributed by atoms with Crippen molar-refractivity contribution in [2.75, 3.05) is 4.31 Å². The molecule has 1 aliphatic carbocycles. The molecule has 0 spiro atoms. The number of para-hydroxylation sites is 1. The van der Waals surface area contributed by atoms with Crippen molar-refractivity contribution in [2.45, 2.75) is 37.4 Å². The Kier molecular flexibility index (Phi) is 4.68.